The smallest absolute Gasteiger partial charge is 0.165 e. The van der Waals surface area contributed by atoms with Crippen LogP contribution in [-0.2, 0) is 6.42 Å². The Balaban J connectivity index is 1.62. The number of rotatable bonds is 6. The van der Waals surface area contributed by atoms with Gasteiger partial charge in [-0.2, -0.15) is 0 Å². The summed E-state index contributed by atoms with van der Waals surface area (Å²) in [5, 5.41) is 0. The number of halogens is 1. The third kappa shape index (κ3) is 4.37. The van der Waals surface area contributed by atoms with Gasteiger partial charge in [0.05, 0.1) is 6.61 Å². The Hall–Kier alpha value is -1.83. The van der Waals surface area contributed by atoms with Gasteiger partial charge in [-0.05, 0) is 73.8 Å². The van der Waals surface area contributed by atoms with Crippen LogP contribution in [0.4, 0.5) is 4.39 Å². The van der Waals surface area contributed by atoms with Crippen LogP contribution in [0.5, 0.6) is 5.75 Å². The zero-order chi connectivity index (χ0) is 16.8. The third-order valence-corrected chi connectivity index (χ3v) is 4.92. The van der Waals surface area contributed by atoms with Crippen molar-refractivity contribution in [1.29, 1.82) is 0 Å². The van der Waals surface area contributed by atoms with Gasteiger partial charge in [-0.1, -0.05) is 43.2 Å². The summed E-state index contributed by atoms with van der Waals surface area (Å²) in [6.07, 6.45) is 10.1. The molecule has 0 unspecified atom stereocenters. The van der Waals surface area contributed by atoms with E-state index in [1.807, 2.05) is 13.0 Å². The van der Waals surface area contributed by atoms with Crippen molar-refractivity contribution in [2.75, 3.05) is 6.61 Å². The van der Waals surface area contributed by atoms with Gasteiger partial charge < -0.3 is 4.74 Å². The molecule has 0 saturated heterocycles. The van der Waals surface area contributed by atoms with Crippen molar-refractivity contribution < 1.29 is 9.13 Å². The Morgan fingerprint density at radius 3 is 2.38 bits per heavy atom. The first-order valence-electron chi connectivity index (χ1n) is 9.09. The minimum absolute atomic E-state index is 0.299. The van der Waals surface area contributed by atoms with Gasteiger partial charge in [-0.15, -0.1) is 0 Å². The van der Waals surface area contributed by atoms with Crippen LogP contribution in [0.1, 0.15) is 44.6 Å². The second-order valence-corrected chi connectivity index (χ2v) is 6.62. The molecule has 0 amide bonds. The van der Waals surface area contributed by atoms with E-state index in [1.165, 1.54) is 37.7 Å². The van der Waals surface area contributed by atoms with Crippen molar-refractivity contribution >= 4 is 0 Å². The van der Waals surface area contributed by atoms with E-state index < -0.39 is 0 Å². The normalized spacial score (nSPS) is 15.4. The highest BCUT2D eigenvalue weighted by molar-refractivity contribution is 5.64. The van der Waals surface area contributed by atoms with E-state index in [9.17, 15) is 4.39 Å². The second-order valence-electron chi connectivity index (χ2n) is 6.62. The molecular formula is C22H26FO. The van der Waals surface area contributed by atoms with E-state index in [-0.39, 0.29) is 5.82 Å². The molecular weight excluding hydrogens is 299 g/mol. The first kappa shape index (κ1) is 17.0. The molecule has 1 radical (unpaired) electrons. The van der Waals surface area contributed by atoms with Gasteiger partial charge in [0, 0.05) is 0 Å². The SMILES string of the molecule is CCOc1ccc(-c2ccc(CCC3CC[CH]CC3)cc2)cc1F. The van der Waals surface area contributed by atoms with Gasteiger partial charge in [0.25, 0.3) is 0 Å². The van der Waals surface area contributed by atoms with E-state index in [4.69, 9.17) is 4.74 Å². The quantitative estimate of drug-likeness (QED) is 0.612. The van der Waals surface area contributed by atoms with E-state index in [1.54, 1.807) is 12.1 Å². The molecule has 127 valence electrons. The number of hydrogen-bond donors (Lipinski definition) is 0. The highest BCUT2D eigenvalue weighted by Gasteiger charge is 2.13. The fourth-order valence-corrected chi connectivity index (χ4v) is 3.47. The van der Waals surface area contributed by atoms with Gasteiger partial charge in [-0.25, -0.2) is 4.39 Å². The zero-order valence-corrected chi connectivity index (χ0v) is 14.4. The molecule has 0 spiro atoms. The lowest BCUT2D eigenvalue weighted by molar-refractivity contribution is 0.321. The number of aryl methyl sites for hydroxylation is 1. The molecule has 24 heavy (non-hydrogen) atoms. The largest absolute Gasteiger partial charge is 0.491 e. The summed E-state index contributed by atoms with van der Waals surface area (Å²) in [5.41, 5.74) is 3.32. The summed E-state index contributed by atoms with van der Waals surface area (Å²) in [6, 6.07) is 13.7. The molecule has 0 atom stereocenters. The molecule has 2 heteroatoms. The Labute approximate surface area is 144 Å². The topological polar surface area (TPSA) is 9.23 Å². The van der Waals surface area contributed by atoms with Crippen LogP contribution in [0.3, 0.4) is 0 Å². The third-order valence-electron chi connectivity index (χ3n) is 4.92. The van der Waals surface area contributed by atoms with Gasteiger partial charge in [0.1, 0.15) is 0 Å². The lowest BCUT2D eigenvalue weighted by atomic mass is 9.85. The van der Waals surface area contributed by atoms with Crippen molar-refractivity contribution in [1.82, 2.24) is 0 Å². The average Bonchev–Trinajstić information content (AvgIpc) is 2.63. The fraction of sp³-hybridized carbons (Fsp3) is 0.409. The summed E-state index contributed by atoms with van der Waals surface area (Å²) in [7, 11) is 0. The van der Waals surface area contributed by atoms with Crippen molar-refractivity contribution in [2.24, 2.45) is 5.92 Å². The van der Waals surface area contributed by atoms with Crippen LogP contribution in [0.15, 0.2) is 42.5 Å². The molecule has 1 aliphatic rings. The maximum Gasteiger partial charge on any atom is 0.165 e. The standard InChI is InChI=1S/C22H26FO/c1-2-24-22-15-14-20(16-21(22)23)19-12-10-18(11-13-19)9-8-17-6-4-3-5-7-17/h3,10-17H,2,4-9H2,1H3. The first-order chi connectivity index (χ1) is 11.8. The molecule has 2 aromatic rings. The van der Waals surface area contributed by atoms with Crippen LogP contribution >= 0.6 is 0 Å². The molecule has 1 aliphatic carbocycles. The average molecular weight is 325 g/mol. The van der Waals surface area contributed by atoms with Crippen molar-refractivity contribution in [3.05, 3.63) is 60.3 Å². The lowest BCUT2D eigenvalue weighted by Crippen LogP contribution is -2.07. The zero-order valence-electron chi connectivity index (χ0n) is 14.4. The molecule has 0 N–H and O–H groups in total. The first-order valence-corrected chi connectivity index (χ1v) is 9.09. The molecule has 1 saturated carbocycles. The van der Waals surface area contributed by atoms with Crippen LogP contribution in [-0.4, -0.2) is 6.61 Å². The minimum atomic E-state index is -0.299. The van der Waals surface area contributed by atoms with Crippen molar-refractivity contribution in [3.63, 3.8) is 0 Å². The maximum absolute atomic E-state index is 14.0. The summed E-state index contributed by atoms with van der Waals surface area (Å²) >= 11 is 0. The maximum atomic E-state index is 14.0. The van der Waals surface area contributed by atoms with Crippen LogP contribution < -0.4 is 4.74 Å². The Morgan fingerprint density at radius 1 is 1.00 bits per heavy atom. The van der Waals surface area contributed by atoms with Gasteiger partial charge >= 0.3 is 0 Å². The van der Waals surface area contributed by atoms with Gasteiger partial charge in [0.2, 0.25) is 0 Å². The molecule has 0 bridgehead atoms. The van der Waals surface area contributed by atoms with Crippen LogP contribution in [0, 0.1) is 18.2 Å². The van der Waals surface area contributed by atoms with Crippen molar-refractivity contribution in [3.8, 4) is 16.9 Å². The Morgan fingerprint density at radius 2 is 1.71 bits per heavy atom. The monoisotopic (exact) mass is 325 g/mol. The number of hydrogen-bond acceptors (Lipinski definition) is 1. The van der Waals surface area contributed by atoms with Gasteiger partial charge in [0.15, 0.2) is 11.6 Å². The van der Waals surface area contributed by atoms with Crippen LogP contribution in [0.25, 0.3) is 11.1 Å². The molecule has 0 aliphatic heterocycles. The Bertz CT molecular complexity index is 642. The number of benzene rings is 2. The van der Waals surface area contributed by atoms with Crippen molar-refractivity contribution in [2.45, 2.75) is 45.4 Å². The highest BCUT2D eigenvalue weighted by atomic mass is 19.1. The molecule has 1 nitrogen and oxygen atoms in total. The summed E-state index contributed by atoms with van der Waals surface area (Å²) < 4.78 is 19.3. The van der Waals surface area contributed by atoms with E-state index in [0.717, 1.165) is 23.5 Å². The molecule has 1 fully saturated rings. The lowest BCUT2D eigenvalue weighted by Gasteiger charge is -2.21. The molecule has 3 rings (SSSR count). The molecule has 2 aromatic carbocycles. The van der Waals surface area contributed by atoms with Crippen LogP contribution in [0.2, 0.25) is 0 Å². The van der Waals surface area contributed by atoms with Gasteiger partial charge in [-0.3, -0.25) is 0 Å². The number of ether oxygens (including phenoxy) is 1. The molecule has 0 heterocycles. The predicted molar refractivity (Wildman–Crippen MR) is 97.6 cm³/mol. The summed E-state index contributed by atoms with van der Waals surface area (Å²) in [5.74, 6) is 0.907. The Kier molecular flexibility index (Phi) is 5.90. The molecule has 0 aromatic heterocycles. The van der Waals surface area contributed by atoms with E-state index >= 15 is 0 Å². The van der Waals surface area contributed by atoms with E-state index in [2.05, 4.69) is 30.7 Å². The summed E-state index contributed by atoms with van der Waals surface area (Å²) in [6.45, 7) is 2.33. The fourth-order valence-electron chi connectivity index (χ4n) is 3.47. The summed E-state index contributed by atoms with van der Waals surface area (Å²) in [4.78, 5) is 0. The predicted octanol–water partition coefficient (Wildman–Crippen LogP) is 6.22. The highest BCUT2D eigenvalue weighted by Crippen LogP contribution is 2.28. The minimum Gasteiger partial charge on any atom is -0.491 e. The second kappa shape index (κ2) is 8.32. The van der Waals surface area contributed by atoms with E-state index in [0.29, 0.717) is 12.4 Å².